The molecule has 0 bridgehead atoms. The van der Waals surface area contributed by atoms with Gasteiger partial charge in [-0.25, -0.2) is 4.98 Å². The summed E-state index contributed by atoms with van der Waals surface area (Å²) in [5.74, 6) is 5.69. The second kappa shape index (κ2) is 8.03. The van der Waals surface area contributed by atoms with Gasteiger partial charge in [-0.2, -0.15) is 10.5 Å². The Hall–Kier alpha value is -2.55. The van der Waals surface area contributed by atoms with Gasteiger partial charge in [-0.3, -0.25) is 0 Å². The maximum Gasteiger partial charge on any atom is 0.146 e. The Morgan fingerprint density at radius 2 is 1.73 bits per heavy atom. The summed E-state index contributed by atoms with van der Waals surface area (Å²) in [6.07, 6.45) is 6.07. The zero-order valence-corrected chi connectivity index (χ0v) is 12.4. The van der Waals surface area contributed by atoms with Crippen molar-refractivity contribution in [3.05, 3.63) is 22.4 Å². The van der Waals surface area contributed by atoms with E-state index in [0.717, 1.165) is 43.4 Å². The summed E-state index contributed by atoms with van der Waals surface area (Å²) in [6.45, 7) is 0.0831. The van der Waals surface area contributed by atoms with Crippen LogP contribution in [0.5, 0.6) is 0 Å². The van der Waals surface area contributed by atoms with Gasteiger partial charge in [0.1, 0.15) is 30.1 Å². The Labute approximate surface area is 130 Å². The molecule has 1 heterocycles. The maximum atomic E-state index is 9.48. The van der Waals surface area contributed by atoms with Gasteiger partial charge in [0.25, 0.3) is 0 Å². The van der Waals surface area contributed by atoms with Gasteiger partial charge in [0.05, 0.1) is 12.1 Å². The van der Waals surface area contributed by atoms with Crippen LogP contribution in [0.3, 0.4) is 0 Å². The van der Waals surface area contributed by atoms with Crippen LogP contribution < -0.4 is 5.32 Å². The highest BCUT2D eigenvalue weighted by Crippen LogP contribution is 2.27. The van der Waals surface area contributed by atoms with Crippen molar-refractivity contribution in [3.63, 3.8) is 0 Å². The van der Waals surface area contributed by atoms with E-state index < -0.39 is 0 Å². The molecule has 0 unspecified atom stereocenters. The van der Waals surface area contributed by atoms with Crippen LogP contribution in [0.2, 0.25) is 0 Å². The molecule has 1 aliphatic rings. The molecular formula is C17H18N4O. The van der Waals surface area contributed by atoms with Crippen molar-refractivity contribution >= 4 is 5.82 Å². The number of aliphatic hydroxyl groups is 1. The third-order valence-corrected chi connectivity index (χ3v) is 3.75. The van der Waals surface area contributed by atoms with E-state index in [1.54, 1.807) is 0 Å². The monoisotopic (exact) mass is 294 g/mol. The first kappa shape index (κ1) is 15.8. The first-order valence-electron chi connectivity index (χ1n) is 7.48. The van der Waals surface area contributed by atoms with Crippen molar-refractivity contribution in [2.24, 2.45) is 0 Å². The molecule has 0 saturated heterocycles. The Morgan fingerprint density at radius 1 is 1.00 bits per heavy atom. The highest BCUT2D eigenvalue weighted by Gasteiger charge is 2.20. The quantitative estimate of drug-likeness (QED) is 0.813. The number of nitriles is 2. The standard InChI is InChI=1S/C17H18N4O/c18-11-14-13-7-3-1-2-4-8-16(13)21-17(15(14)12-19)20-9-5-6-10-22/h22H,1-4,7-10H2,(H,20,21). The predicted octanol–water partition coefficient (Wildman–Crippen LogP) is 1.89. The van der Waals surface area contributed by atoms with E-state index in [-0.39, 0.29) is 13.2 Å². The molecule has 0 amide bonds. The molecule has 112 valence electrons. The third kappa shape index (κ3) is 3.55. The molecule has 1 aromatic heterocycles. The van der Waals surface area contributed by atoms with E-state index >= 15 is 0 Å². The van der Waals surface area contributed by atoms with Crippen LogP contribution >= 0.6 is 0 Å². The minimum atomic E-state index is -0.201. The molecule has 0 spiro atoms. The summed E-state index contributed by atoms with van der Waals surface area (Å²) in [7, 11) is 0. The number of aliphatic hydroxyl groups excluding tert-OH is 1. The molecular weight excluding hydrogens is 276 g/mol. The van der Waals surface area contributed by atoms with Crippen molar-refractivity contribution in [2.75, 3.05) is 18.5 Å². The van der Waals surface area contributed by atoms with Gasteiger partial charge >= 0.3 is 0 Å². The van der Waals surface area contributed by atoms with Gasteiger partial charge in [-0.1, -0.05) is 24.7 Å². The first-order chi connectivity index (χ1) is 10.8. The largest absolute Gasteiger partial charge is 0.384 e. The molecule has 2 rings (SSSR count). The zero-order chi connectivity index (χ0) is 15.8. The van der Waals surface area contributed by atoms with E-state index in [1.165, 1.54) is 6.42 Å². The predicted molar refractivity (Wildman–Crippen MR) is 82.9 cm³/mol. The van der Waals surface area contributed by atoms with Crippen LogP contribution in [0.15, 0.2) is 0 Å². The molecule has 0 aromatic carbocycles. The van der Waals surface area contributed by atoms with Crippen LogP contribution in [0, 0.1) is 34.5 Å². The number of aromatic nitrogens is 1. The van der Waals surface area contributed by atoms with Gasteiger partial charge in [0, 0.05) is 5.69 Å². The minimum absolute atomic E-state index is 0.201. The van der Waals surface area contributed by atoms with Crippen molar-refractivity contribution in [1.82, 2.24) is 4.98 Å². The van der Waals surface area contributed by atoms with Gasteiger partial charge in [-0.05, 0) is 31.2 Å². The van der Waals surface area contributed by atoms with Crippen molar-refractivity contribution in [3.8, 4) is 24.0 Å². The highest BCUT2D eigenvalue weighted by molar-refractivity contribution is 5.64. The number of hydrogen-bond acceptors (Lipinski definition) is 5. The fraction of sp³-hybridized carbons (Fsp3) is 0.471. The lowest BCUT2D eigenvalue weighted by Crippen LogP contribution is -2.12. The third-order valence-electron chi connectivity index (χ3n) is 3.75. The summed E-state index contributed by atoms with van der Waals surface area (Å²) < 4.78 is 0. The minimum Gasteiger partial charge on any atom is -0.384 e. The van der Waals surface area contributed by atoms with Gasteiger partial charge in [0.15, 0.2) is 0 Å². The fourth-order valence-corrected chi connectivity index (χ4v) is 2.70. The molecule has 0 atom stereocenters. The molecule has 1 aromatic rings. The molecule has 22 heavy (non-hydrogen) atoms. The van der Waals surface area contributed by atoms with Crippen LogP contribution in [0.25, 0.3) is 0 Å². The molecule has 0 aliphatic heterocycles. The van der Waals surface area contributed by atoms with Crippen LogP contribution in [0.4, 0.5) is 5.82 Å². The number of hydrogen-bond donors (Lipinski definition) is 2. The summed E-state index contributed by atoms with van der Waals surface area (Å²) in [5, 5.41) is 30.5. The molecule has 2 N–H and O–H groups in total. The normalized spacial score (nSPS) is 13.4. The summed E-state index contributed by atoms with van der Waals surface area (Å²) in [5.41, 5.74) is 2.61. The molecule has 5 heteroatoms. The van der Waals surface area contributed by atoms with Crippen LogP contribution in [0.1, 0.15) is 48.1 Å². The van der Waals surface area contributed by atoms with E-state index in [1.807, 2.05) is 0 Å². The zero-order valence-electron chi connectivity index (χ0n) is 12.4. The second-order valence-electron chi connectivity index (χ2n) is 5.14. The maximum absolute atomic E-state index is 9.48. The van der Waals surface area contributed by atoms with Crippen LogP contribution in [-0.4, -0.2) is 23.2 Å². The number of nitrogens with zero attached hydrogens (tertiary/aromatic N) is 3. The van der Waals surface area contributed by atoms with E-state index in [0.29, 0.717) is 16.9 Å². The molecule has 1 aliphatic carbocycles. The number of nitrogens with one attached hydrogen (secondary N) is 1. The van der Waals surface area contributed by atoms with E-state index in [9.17, 15) is 10.5 Å². The molecule has 0 saturated carbocycles. The van der Waals surface area contributed by atoms with Crippen molar-refractivity contribution in [1.29, 1.82) is 10.5 Å². The molecule has 0 radical (unpaired) electrons. The van der Waals surface area contributed by atoms with Gasteiger partial charge in [-0.15, -0.1) is 0 Å². The lowest BCUT2D eigenvalue weighted by atomic mass is 9.92. The highest BCUT2D eigenvalue weighted by atomic mass is 16.2. The Bertz CT molecular complexity index is 686. The van der Waals surface area contributed by atoms with Crippen molar-refractivity contribution < 1.29 is 5.11 Å². The average molecular weight is 294 g/mol. The smallest absolute Gasteiger partial charge is 0.146 e. The SMILES string of the molecule is N#Cc1c(NCC#CCO)nc2c(c1C#N)CCCCCC2. The first-order valence-corrected chi connectivity index (χ1v) is 7.48. The number of pyridine rings is 1. The summed E-state index contributed by atoms with van der Waals surface area (Å²) >= 11 is 0. The number of aryl methyl sites for hydroxylation is 1. The summed E-state index contributed by atoms with van der Waals surface area (Å²) in [6, 6.07) is 4.28. The Morgan fingerprint density at radius 3 is 2.41 bits per heavy atom. The Balaban J connectivity index is 2.43. The molecule has 0 fully saturated rings. The van der Waals surface area contributed by atoms with Crippen LogP contribution in [-0.2, 0) is 12.8 Å². The van der Waals surface area contributed by atoms with Crippen molar-refractivity contribution in [2.45, 2.75) is 38.5 Å². The molecule has 5 nitrogen and oxygen atoms in total. The number of fused-ring (bicyclic) bond motifs is 1. The van der Waals surface area contributed by atoms with Gasteiger partial charge in [0.2, 0.25) is 0 Å². The topological polar surface area (TPSA) is 92.7 Å². The number of anilines is 1. The van der Waals surface area contributed by atoms with E-state index in [4.69, 9.17) is 5.11 Å². The van der Waals surface area contributed by atoms with E-state index in [2.05, 4.69) is 34.3 Å². The Kier molecular flexibility index (Phi) is 5.78. The van der Waals surface area contributed by atoms with Gasteiger partial charge < -0.3 is 10.4 Å². The second-order valence-corrected chi connectivity index (χ2v) is 5.14. The number of rotatable bonds is 2. The lowest BCUT2D eigenvalue weighted by Gasteiger charge is -2.17. The summed E-state index contributed by atoms with van der Waals surface area (Å²) in [4.78, 5) is 4.58. The fourth-order valence-electron chi connectivity index (χ4n) is 2.70. The average Bonchev–Trinajstić information content (AvgIpc) is 2.51. The lowest BCUT2D eigenvalue weighted by molar-refractivity contribution is 0.350.